The molecule has 1 aliphatic heterocycles. The third-order valence-corrected chi connectivity index (χ3v) is 2.98. The van der Waals surface area contributed by atoms with E-state index in [9.17, 15) is 13.2 Å². The summed E-state index contributed by atoms with van der Waals surface area (Å²) in [4.78, 5) is 3.86. The third kappa shape index (κ3) is 2.94. The molecule has 0 spiro atoms. The lowest BCUT2D eigenvalue weighted by Gasteiger charge is -2.30. The molecule has 0 saturated carbocycles. The number of nitrogens with one attached hydrogen (secondary N) is 3. The molecule has 0 fully saturated rings. The molecule has 1 aromatic rings. The summed E-state index contributed by atoms with van der Waals surface area (Å²) in [6.07, 6.45) is -2.21. The Morgan fingerprint density at radius 3 is 2.62 bits per heavy atom. The number of alkyl halides is 3. The van der Waals surface area contributed by atoms with Gasteiger partial charge < -0.3 is 21.7 Å². The molecule has 10 heteroatoms. The lowest BCUT2D eigenvalue weighted by Crippen LogP contribution is -2.49. The SMILES string of the molecule is CNc1c(NC2=NC(C)(N)C(C(F)(F)F)=CN2)cnn1C. The number of hydrogen-bond donors (Lipinski definition) is 4. The Morgan fingerprint density at radius 1 is 1.43 bits per heavy atom. The molecular formula is C11H16F3N7. The average molecular weight is 303 g/mol. The van der Waals surface area contributed by atoms with Gasteiger partial charge in [-0.1, -0.05) is 0 Å². The molecule has 1 unspecified atom stereocenters. The van der Waals surface area contributed by atoms with E-state index >= 15 is 0 Å². The Labute approximate surface area is 119 Å². The molecular weight excluding hydrogens is 287 g/mol. The number of guanidine groups is 1. The van der Waals surface area contributed by atoms with Crippen molar-refractivity contribution in [3.05, 3.63) is 18.0 Å². The Morgan fingerprint density at radius 2 is 2.10 bits per heavy atom. The van der Waals surface area contributed by atoms with Crippen LogP contribution in [-0.2, 0) is 7.05 Å². The van der Waals surface area contributed by atoms with Crippen molar-refractivity contribution in [3.63, 3.8) is 0 Å². The van der Waals surface area contributed by atoms with Gasteiger partial charge in [0.15, 0.2) is 0 Å². The van der Waals surface area contributed by atoms with Crippen molar-refractivity contribution in [2.45, 2.75) is 18.8 Å². The molecule has 21 heavy (non-hydrogen) atoms. The molecule has 1 aromatic heterocycles. The number of halogens is 3. The topological polar surface area (TPSA) is 92.3 Å². The molecule has 0 aromatic carbocycles. The minimum atomic E-state index is -4.55. The lowest BCUT2D eigenvalue weighted by atomic mass is 10.0. The number of nitrogens with zero attached hydrogens (tertiary/aromatic N) is 3. The molecule has 0 aliphatic carbocycles. The molecule has 2 rings (SSSR count). The van der Waals surface area contributed by atoms with E-state index in [2.05, 4.69) is 26.0 Å². The predicted octanol–water partition coefficient (Wildman–Crippen LogP) is 0.954. The second kappa shape index (κ2) is 4.95. The Kier molecular flexibility index (Phi) is 3.58. The van der Waals surface area contributed by atoms with Gasteiger partial charge in [-0.05, 0) is 6.92 Å². The van der Waals surface area contributed by atoms with E-state index in [-0.39, 0.29) is 5.96 Å². The largest absolute Gasteiger partial charge is 0.417 e. The van der Waals surface area contributed by atoms with Crippen molar-refractivity contribution in [1.29, 1.82) is 0 Å². The van der Waals surface area contributed by atoms with Crippen LogP contribution in [0.3, 0.4) is 0 Å². The van der Waals surface area contributed by atoms with E-state index in [1.807, 2.05) is 0 Å². The highest BCUT2D eigenvalue weighted by Gasteiger charge is 2.45. The molecule has 1 atom stereocenters. The van der Waals surface area contributed by atoms with Gasteiger partial charge in [-0.3, -0.25) is 4.68 Å². The number of aliphatic imine (C=N–C) groups is 1. The first kappa shape index (κ1) is 15.2. The van der Waals surface area contributed by atoms with Crippen LogP contribution in [-0.4, -0.2) is 34.6 Å². The summed E-state index contributed by atoms with van der Waals surface area (Å²) >= 11 is 0. The molecule has 0 radical (unpaired) electrons. The van der Waals surface area contributed by atoms with E-state index in [0.29, 0.717) is 11.5 Å². The van der Waals surface area contributed by atoms with Crippen LogP contribution in [0, 0.1) is 0 Å². The molecule has 0 bridgehead atoms. The zero-order chi connectivity index (χ0) is 15.8. The molecule has 5 N–H and O–H groups in total. The van der Waals surface area contributed by atoms with Crippen molar-refractivity contribution in [2.75, 3.05) is 17.7 Å². The van der Waals surface area contributed by atoms with Crippen LogP contribution >= 0.6 is 0 Å². The summed E-state index contributed by atoms with van der Waals surface area (Å²) in [7, 11) is 3.43. The van der Waals surface area contributed by atoms with Crippen molar-refractivity contribution < 1.29 is 13.2 Å². The molecule has 116 valence electrons. The van der Waals surface area contributed by atoms with Crippen LogP contribution in [0.2, 0.25) is 0 Å². The van der Waals surface area contributed by atoms with Gasteiger partial charge in [-0.2, -0.15) is 18.3 Å². The highest BCUT2D eigenvalue weighted by atomic mass is 19.4. The fraction of sp³-hybridized carbons (Fsp3) is 0.455. The first-order chi connectivity index (χ1) is 9.65. The molecule has 1 aliphatic rings. The van der Waals surface area contributed by atoms with E-state index in [1.54, 1.807) is 18.8 Å². The summed E-state index contributed by atoms with van der Waals surface area (Å²) in [5.74, 6) is 0.765. The van der Waals surface area contributed by atoms with Crippen LogP contribution in [0.1, 0.15) is 6.92 Å². The normalized spacial score (nSPS) is 22.2. The van der Waals surface area contributed by atoms with Crippen molar-refractivity contribution in [1.82, 2.24) is 15.1 Å². The van der Waals surface area contributed by atoms with Crippen LogP contribution in [0.15, 0.2) is 23.0 Å². The Bertz CT molecular complexity index is 597. The predicted molar refractivity (Wildman–Crippen MR) is 73.7 cm³/mol. The van der Waals surface area contributed by atoms with Gasteiger partial charge in [0.05, 0.1) is 11.8 Å². The zero-order valence-corrected chi connectivity index (χ0v) is 11.7. The van der Waals surface area contributed by atoms with Gasteiger partial charge in [0.25, 0.3) is 0 Å². The lowest BCUT2D eigenvalue weighted by molar-refractivity contribution is -0.100. The summed E-state index contributed by atoms with van der Waals surface area (Å²) < 4.78 is 40.0. The number of nitrogens with two attached hydrogens (primary N) is 1. The number of anilines is 2. The van der Waals surface area contributed by atoms with E-state index < -0.39 is 17.4 Å². The van der Waals surface area contributed by atoms with Gasteiger partial charge in [0.1, 0.15) is 17.2 Å². The van der Waals surface area contributed by atoms with E-state index in [0.717, 1.165) is 6.20 Å². The standard InChI is InChI=1S/C11H16F3N7/c1-10(15)7(11(12,13)14)5-17-9(20-10)19-6-4-18-21(3)8(6)16-2/h4-5,16H,15H2,1-3H3,(H2,17,19,20). The van der Waals surface area contributed by atoms with Crippen LogP contribution in [0.5, 0.6) is 0 Å². The number of hydrogen-bond acceptors (Lipinski definition) is 6. The molecule has 0 saturated heterocycles. The molecule has 2 heterocycles. The molecule has 0 amide bonds. The zero-order valence-electron chi connectivity index (χ0n) is 11.7. The Hall–Kier alpha value is -2.23. The van der Waals surface area contributed by atoms with Crippen molar-refractivity contribution in [3.8, 4) is 0 Å². The first-order valence-corrected chi connectivity index (χ1v) is 6.05. The fourth-order valence-electron chi connectivity index (χ4n) is 2.00. The summed E-state index contributed by atoms with van der Waals surface area (Å²) in [6, 6.07) is 0. The van der Waals surface area contributed by atoms with Crippen LogP contribution < -0.4 is 21.7 Å². The maximum Gasteiger partial charge on any atom is 0.417 e. The van der Waals surface area contributed by atoms with Crippen molar-refractivity contribution >= 4 is 17.5 Å². The van der Waals surface area contributed by atoms with Gasteiger partial charge in [0, 0.05) is 20.3 Å². The monoisotopic (exact) mass is 303 g/mol. The highest BCUT2D eigenvalue weighted by molar-refractivity contribution is 5.97. The number of aromatic nitrogens is 2. The smallest absolute Gasteiger partial charge is 0.372 e. The second-order valence-corrected chi connectivity index (χ2v) is 4.71. The fourth-order valence-corrected chi connectivity index (χ4v) is 2.00. The van der Waals surface area contributed by atoms with Gasteiger partial charge in [0.2, 0.25) is 5.96 Å². The maximum absolute atomic E-state index is 12.8. The summed E-state index contributed by atoms with van der Waals surface area (Å²) in [5.41, 5.74) is 3.39. The minimum absolute atomic E-state index is 0.109. The van der Waals surface area contributed by atoms with E-state index in [1.165, 1.54) is 13.1 Å². The second-order valence-electron chi connectivity index (χ2n) is 4.71. The minimum Gasteiger partial charge on any atom is -0.372 e. The molecule has 7 nitrogen and oxygen atoms in total. The summed E-state index contributed by atoms with van der Waals surface area (Å²) in [6.45, 7) is 1.19. The first-order valence-electron chi connectivity index (χ1n) is 6.05. The summed E-state index contributed by atoms with van der Waals surface area (Å²) in [5, 5.41) is 12.2. The van der Waals surface area contributed by atoms with Crippen LogP contribution in [0.4, 0.5) is 24.7 Å². The van der Waals surface area contributed by atoms with E-state index in [4.69, 9.17) is 5.73 Å². The van der Waals surface area contributed by atoms with Gasteiger partial charge >= 0.3 is 6.18 Å². The number of rotatable bonds is 2. The Balaban J connectivity index is 2.23. The number of aryl methyl sites for hydroxylation is 1. The average Bonchev–Trinajstić information content (AvgIpc) is 2.66. The van der Waals surface area contributed by atoms with Gasteiger partial charge in [-0.15, -0.1) is 0 Å². The maximum atomic E-state index is 12.8. The van der Waals surface area contributed by atoms with Gasteiger partial charge in [-0.25, -0.2) is 4.99 Å². The van der Waals surface area contributed by atoms with Crippen molar-refractivity contribution in [2.24, 2.45) is 17.8 Å². The third-order valence-electron chi connectivity index (χ3n) is 2.98. The highest BCUT2D eigenvalue weighted by Crippen LogP contribution is 2.34. The van der Waals surface area contributed by atoms with Crippen LogP contribution in [0.25, 0.3) is 0 Å². The quantitative estimate of drug-likeness (QED) is 0.653.